The van der Waals surface area contributed by atoms with Gasteiger partial charge in [-0.1, -0.05) is 12.2 Å². The lowest BCUT2D eigenvalue weighted by Gasteiger charge is -2.22. The van der Waals surface area contributed by atoms with Crippen molar-refractivity contribution in [2.45, 2.75) is 73.9 Å². The highest BCUT2D eigenvalue weighted by Crippen LogP contribution is 2.41. The minimum Gasteiger partial charge on any atom is -0.400 e. The number of nitrogens with two attached hydrogens (primary N) is 3. The van der Waals surface area contributed by atoms with Crippen molar-refractivity contribution in [2.75, 3.05) is 72.6 Å². The van der Waals surface area contributed by atoms with Gasteiger partial charge in [-0.15, -0.1) is 0 Å². The van der Waals surface area contributed by atoms with Crippen LogP contribution < -0.4 is 17.2 Å². The summed E-state index contributed by atoms with van der Waals surface area (Å²) >= 11 is 8.30. The Morgan fingerprint density at radius 1 is 0.648 bits per heavy atom. The smallest absolute Gasteiger partial charge is 0.321 e. The summed E-state index contributed by atoms with van der Waals surface area (Å²) in [5.41, 5.74) is 20.1. The van der Waals surface area contributed by atoms with E-state index in [2.05, 4.69) is 79.6 Å². The molecule has 6 aromatic heterocycles. The summed E-state index contributed by atoms with van der Waals surface area (Å²) in [5.74, 6) is 3.64. The molecule has 71 heavy (non-hydrogen) atoms. The summed E-state index contributed by atoms with van der Waals surface area (Å²) in [6.45, 7) is -1.71. The number of ether oxygens (including phenoxy) is 7. The summed E-state index contributed by atoms with van der Waals surface area (Å²) in [4.78, 5) is 67.1. The van der Waals surface area contributed by atoms with Crippen molar-refractivity contribution in [1.29, 1.82) is 0 Å². The van der Waals surface area contributed by atoms with Crippen LogP contribution in [0.2, 0.25) is 0 Å². The number of hydrogen-bond donors (Lipinski definition) is 9. The molecule has 0 spiro atoms. The third-order valence-electron chi connectivity index (χ3n) is 10.6. The number of hydrogen-bond acceptors (Lipinski definition) is 28. The highest BCUT2D eigenvalue weighted by atomic mass is 32.5. The molecule has 3 aliphatic heterocycles. The highest BCUT2D eigenvalue weighted by Gasteiger charge is 2.48. The maximum absolute atomic E-state index is 10.0. The molecule has 0 aromatic carbocycles. The summed E-state index contributed by atoms with van der Waals surface area (Å²) < 4.78 is 48.8. The zero-order valence-corrected chi connectivity index (χ0v) is 41.2. The maximum atomic E-state index is 10.0. The predicted molar refractivity (Wildman–Crippen MR) is 255 cm³/mol. The fraction of sp³-hybridized carbons (Fsp3) is 0.541. The van der Waals surface area contributed by atoms with Crippen LogP contribution in [0.25, 0.3) is 33.5 Å². The Morgan fingerprint density at radius 2 is 1.10 bits per heavy atom. The molecule has 34 heteroatoms. The average Bonchev–Trinajstić information content (AvgIpc) is 4.25. The molecule has 0 aliphatic carbocycles. The SMILES string of the molecule is C=O.C=S.CO.COC1C(COP(O)(O)=S)OC(n2cnc3c(N)ncnc32)C1OC.COCC1CC(OC)C(n2cnc3c(N)ncnc32)O1.Nc1ncnc2c1ncn2C1OC(COO)C(O)C1O. The molecule has 9 heterocycles. The van der Waals surface area contributed by atoms with Crippen LogP contribution >= 0.6 is 18.9 Å². The first kappa shape index (κ1) is 58.4. The Bertz CT molecular complexity index is 2540. The van der Waals surface area contributed by atoms with E-state index in [9.17, 15) is 20.0 Å². The molecule has 11 atom stereocenters. The molecular formula is C37H56N15O16PS2. The van der Waals surface area contributed by atoms with Crippen molar-refractivity contribution in [3.8, 4) is 0 Å². The molecule has 0 amide bonds. The summed E-state index contributed by atoms with van der Waals surface area (Å²) in [7, 11) is 7.33. The Balaban J connectivity index is 0.000000221. The molecule has 0 saturated carbocycles. The second-order valence-corrected chi connectivity index (χ2v) is 17.1. The Kier molecular flexibility index (Phi) is 22.7. The quantitative estimate of drug-likeness (QED) is 0.0274. The summed E-state index contributed by atoms with van der Waals surface area (Å²) in [6, 6.07) is 0. The zero-order valence-electron chi connectivity index (χ0n) is 38.7. The van der Waals surface area contributed by atoms with Gasteiger partial charge in [0.25, 0.3) is 0 Å². The van der Waals surface area contributed by atoms with E-state index < -0.39 is 55.8 Å². The van der Waals surface area contributed by atoms with Gasteiger partial charge in [0.2, 0.25) is 0 Å². The second kappa shape index (κ2) is 27.6. The van der Waals surface area contributed by atoms with Crippen molar-refractivity contribution in [2.24, 2.45) is 0 Å². The summed E-state index contributed by atoms with van der Waals surface area (Å²) in [6.07, 6.45) is 2.41. The van der Waals surface area contributed by atoms with Gasteiger partial charge in [-0.25, -0.2) is 49.7 Å². The topological polar surface area (TPSA) is 430 Å². The lowest BCUT2D eigenvalue weighted by molar-refractivity contribution is -0.264. The van der Waals surface area contributed by atoms with Crippen molar-refractivity contribution in [3.63, 3.8) is 0 Å². The van der Waals surface area contributed by atoms with Crippen molar-refractivity contribution in [3.05, 3.63) is 38.0 Å². The number of methoxy groups -OCH3 is 4. The normalized spacial score (nSPS) is 25.7. The monoisotopic (exact) mass is 1060 g/mol. The van der Waals surface area contributed by atoms with Gasteiger partial charge in [-0.3, -0.25) is 19.0 Å². The number of imidazole rings is 3. The lowest BCUT2D eigenvalue weighted by atomic mass is 10.1. The van der Waals surface area contributed by atoms with Gasteiger partial charge in [0, 0.05) is 42.0 Å². The Hall–Kier alpha value is -5.14. The van der Waals surface area contributed by atoms with Crippen LogP contribution in [0.3, 0.4) is 0 Å². The number of nitrogens with zero attached hydrogens (tertiary/aromatic N) is 12. The van der Waals surface area contributed by atoms with Gasteiger partial charge in [-0.2, -0.15) is 0 Å². The second-order valence-electron chi connectivity index (χ2n) is 14.5. The molecule has 11 unspecified atom stereocenters. The van der Waals surface area contributed by atoms with Crippen LogP contribution in [0.4, 0.5) is 17.5 Å². The molecule has 3 saturated heterocycles. The molecule has 9 rings (SSSR count). The molecule has 6 aromatic rings. The minimum absolute atomic E-state index is 0.00779. The van der Waals surface area contributed by atoms with E-state index in [0.29, 0.717) is 45.9 Å². The molecule has 3 aliphatic rings. The first-order valence-electron chi connectivity index (χ1n) is 20.4. The van der Waals surface area contributed by atoms with Gasteiger partial charge in [0.15, 0.2) is 53.1 Å². The van der Waals surface area contributed by atoms with E-state index in [1.54, 1.807) is 25.1 Å². The zero-order chi connectivity index (χ0) is 52.6. The van der Waals surface area contributed by atoms with E-state index >= 15 is 0 Å². The van der Waals surface area contributed by atoms with Crippen molar-refractivity contribution < 1.29 is 77.7 Å². The number of anilines is 3. The van der Waals surface area contributed by atoms with Crippen LogP contribution in [0.15, 0.2) is 38.0 Å². The molecule has 3 fully saturated rings. The third-order valence-corrected chi connectivity index (χ3v) is 11.4. The first-order valence-corrected chi connectivity index (χ1v) is 23.6. The number of aromatic nitrogens is 12. The third kappa shape index (κ3) is 13.5. The van der Waals surface area contributed by atoms with Crippen LogP contribution in [0, 0.1) is 0 Å². The van der Waals surface area contributed by atoms with Crippen LogP contribution in [0.1, 0.15) is 25.1 Å². The largest absolute Gasteiger partial charge is 0.400 e. The first-order chi connectivity index (χ1) is 34.2. The number of thiocarbonyl (C=S) groups is 1. The van der Waals surface area contributed by atoms with Gasteiger partial charge in [-0.05, 0) is 17.7 Å². The number of aliphatic hydroxyl groups is 3. The average molecular weight is 1060 g/mol. The molecule has 0 bridgehead atoms. The standard InChI is InChI=1S/C12H18N5O6PS.C12H17N5O3.C10H13N5O5.CH4O.CH2O.CH2S/c1-20-8-6(3-22-24(18,19)25)23-12(9(8)21-2)17-5-16-7-10(13)14-4-15-11(7)17;1-18-4-7-3-8(19-2)12(20-7)17-6-16-9-10(13)14-5-15-11(9)17;11-8-5-9(13-2-12-8)15(3-14-5)10-7(17)6(16)4(20-10)1-19-18;3*1-2/h4-6,8-9,12H,3H2,1-2H3,(H2,13,14,15)(H2,18,19,25);5-8,12H,3-4H2,1-2H3,(H2,13,14,15);2-4,6-7,10,16-18H,1H2,(H2,11,12,13);2H,1H3;2*1H2. The van der Waals surface area contributed by atoms with E-state index in [1.807, 2.05) is 11.4 Å². The minimum atomic E-state index is -3.81. The van der Waals surface area contributed by atoms with Gasteiger partial charge in [0.1, 0.15) is 91.7 Å². The lowest BCUT2D eigenvalue weighted by Crippen LogP contribution is -2.36. The number of nitrogen functional groups attached to an aromatic ring is 3. The van der Waals surface area contributed by atoms with Crippen LogP contribution in [-0.4, -0.2) is 206 Å². The number of aliphatic hydroxyl groups excluding tert-OH is 3. The number of rotatable bonds is 13. The summed E-state index contributed by atoms with van der Waals surface area (Å²) in [5, 5.41) is 35.3. The maximum Gasteiger partial charge on any atom is 0.321 e. The van der Waals surface area contributed by atoms with Gasteiger partial charge >= 0.3 is 6.72 Å². The van der Waals surface area contributed by atoms with E-state index in [1.165, 1.54) is 50.4 Å². The van der Waals surface area contributed by atoms with Gasteiger partial charge in [0.05, 0.1) is 38.3 Å². The van der Waals surface area contributed by atoms with Crippen LogP contribution in [0.5, 0.6) is 0 Å². The highest BCUT2D eigenvalue weighted by molar-refractivity contribution is 8.06. The molecule has 392 valence electrons. The fourth-order valence-corrected chi connectivity index (χ4v) is 8.10. The van der Waals surface area contributed by atoms with E-state index in [4.69, 9.17) is 70.0 Å². The van der Waals surface area contributed by atoms with Crippen LogP contribution in [-0.2, 0) is 59.2 Å². The molecule has 0 radical (unpaired) electrons. The Morgan fingerprint density at radius 3 is 1.52 bits per heavy atom. The van der Waals surface area contributed by atoms with Crippen molar-refractivity contribution in [1.82, 2.24) is 58.6 Å². The molecule has 12 N–H and O–H groups in total. The molecule has 31 nitrogen and oxygen atoms in total. The fourth-order valence-electron chi connectivity index (χ4n) is 7.58. The number of fused-ring (bicyclic) bond motifs is 3. The van der Waals surface area contributed by atoms with E-state index in [-0.39, 0.29) is 43.3 Å². The number of carbonyl (C=O) groups is 1. The predicted octanol–water partition coefficient (Wildman–Crippen LogP) is -1.52. The Labute approximate surface area is 414 Å². The van der Waals surface area contributed by atoms with Gasteiger partial charge < -0.3 is 84.8 Å². The van der Waals surface area contributed by atoms with E-state index in [0.717, 1.165) is 13.5 Å². The number of carbonyl (C=O) groups excluding carboxylic acids is 1. The van der Waals surface area contributed by atoms with Crippen molar-refractivity contribution >= 4 is 94.3 Å². The molecular weight excluding hydrogens is 1010 g/mol.